The van der Waals surface area contributed by atoms with Gasteiger partial charge in [-0.15, -0.1) is 0 Å². The van der Waals surface area contributed by atoms with Crippen molar-refractivity contribution in [1.82, 2.24) is 64.5 Å². The molecule has 4 aromatic carbocycles. The molecule has 34 heteroatoms. The van der Waals surface area contributed by atoms with Crippen molar-refractivity contribution in [2.45, 2.75) is 80.7 Å². The summed E-state index contributed by atoms with van der Waals surface area (Å²) < 4.78 is 26.5. The van der Waals surface area contributed by atoms with Gasteiger partial charge in [0.15, 0.2) is 5.82 Å². The second kappa shape index (κ2) is 61.1. The molecule has 0 atom stereocenters. The minimum absolute atomic E-state index is 0. The molecular weight excluding hydrogens is 2290 g/mol. The van der Waals surface area contributed by atoms with E-state index in [9.17, 15) is 19.2 Å². The van der Waals surface area contributed by atoms with Crippen LogP contribution in [0.3, 0.4) is 0 Å². The topological polar surface area (TPSA) is 242 Å². The summed E-state index contributed by atoms with van der Waals surface area (Å²) in [6, 6.07) is 22.4. The molecular formula is C72H114I7N15O8V4-4. The maximum atomic E-state index is 11.7. The number of anilines is 1. The molecule has 598 valence electrons. The van der Waals surface area contributed by atoms with Crippen LogP contribution in [0.2, 0.25) is 0 Å². The van der Waals surface area contributed by atoms with E-state index in [2.05, 4.69) is 242 Å². The van der Waals surface area contributed by atoms with Gasteiger partial charge in [-0.1, -0.05) is 14.9 Å². The average Bonchev–Trinajstić information content (AvgIpc) is 1.66. The third-order valence-electron chi connectivity index (χ3n) is 16.4. The number of benzene rings is 4. The fraction of sp³-hybridized carbons (Fsp3) is 0.500. The third-order valence-corrected chi connectivity index (χ3v) is 16.4. The summed E-state index contributed by atoms with van der Waals surface area (Å²) >= 11 is 16.9. The smallest absolute Gasteiger partial charge is 0 e. The summed E-state index contributed by atoms with van der Waals surface area (Å²) in [7, 11) is 19.9. The largest absolute Gasteiger partial charge is 0 e. The van der Waals surface area contributed by atoms with E-state index in [1.54, 1.807) is 48.0 Å². The summed E-state index contributed by atoms with van der Waals surface area (Å²) in [5, 5.41) is 27.8. The van der Waals surface area contributed by atoms with Gasteiger partial charge < -0.3 is 98.9 Å². The van der Waals surface area contributed by atoms with Gasteiger partial charge in [0.25, 0.3) is 0 Å². The Balaban J connectivity index is -0.000000579. The average molecular weight is 2410 g/mol. The van der Waals surface area contributed by atoms with Crippen molar-refractivity contribution in [3.8, 4) is 0 Å². The van der Waals surface area contributed by atoms with E-state index < -0.39 is 0 Å². The number of esters is 4. The Morgan fingerprint density at radius 3 is 1.27 bits per heavy atom. The van der Waals surface area contributed by atoms with Gasteiger partial charge in [-0.3, -0.25) is 23.6 Å². The molecule has 0 bridgehead atoms. The number of methoxy groups -OCH3 is 4. The molecule has 2 radical (unpaired) electrons. The van der Waals surface area contributed by atoms with E-state index in [4.69, 9.17) is 15.2 Å². The van der Waals surface area contributed by atoms with Gasteiger partial charge in [0.1, 0.15) is 0 Å². The summed E-state index contributed by atoms with van der Waals surface area (Å²) in [5.41, 5.74) is 14.8. The first-order valence-corrected chi connectivity index (χ1v) is 60.6. The number of carbonyl (C=O) groups excluding carboxylic acids is 4. The van der Waals surface area contributed by atoms with Gasteiger partial charge in [0, 0.05) is 144 Å². The predicted octanol–water partition coefficient (Wildman–Crippen LogP) is 16.2. The molecule has 0 spiro atoms. The molecule has 8 heterocycles. The molecule has 12 rings (SSSR count). The number of ether oxygens (including phenoxy) is 4. The zero-order valence-corrected chi connectivity index (χ0v) is 83.7. The number of hydrogen-bond acceptors (Lipinski definition) is 19. The zero-order valence-electron chi connectivity index (χ0n) is 63.0. The van der Waals surface area contributed by atoms with E-state index in [0.29, 0.717) is 34.2 Å². The van der Waals surface area contributed by atoms with Crippen LogP contribution in [0, 0.1) is 46.0 Å². The van der Waals surface area contributed by atoms with Crippen molar-refractivity contribution in [1.29, 1.82) is 0 Å². The van der Waals surface area contributed by atoms with Crippen molar-refractivity contribution < 1.29 is 85.1 Å². The van der Waals surface area contributed by atoms with Crippen LogP contribution < -0.4 is 16.0 Å². The summed E-state index contributed by atoms with van der Waals surface area (Å²) in [6.45, 7) is 24.2. The molecule has 4 fully saturated rings. The number of aromatic amines is 1. The monoisotopic (exact) mass is 2410 g/mol. The SMILES string of the molecule is C.C.CN1CCC(N)CC1.CN1CCNCC1.COC(=O)c1ccc2c(c1)c(C)nn2C.COC(=O)c1ccc2c(c1)c(CC1CCN(C)CC1)nn2C.COC(=O)c1ccc2c(c1)c(N1CCN(C)CC1)nn2C.COC(=O)c1ccc2n[nH]c(C)c2c1.C[CH-]I.[CH2-]C.[CH3-].[CH3-].[I][V]([I])[I].[I][V]([I])[I].[V].[V]. The molecule has 4 N–H and O–H groups in total. The maximum absolute atomic E-state index is 11.7. The first kappa shape index (κ1) is 112. The minimum atomic E-state index is -0.326. The molecule has 106 heavy (non-hydrogen) atoms. The van der Waals surface area contributed by atoms with E-state index in [-0.39, 0.29) is 101 Å². The molecule has 23 nitrogen and oxygen atoms in total. The van der Waals surface area contributed by atoms with Crippen LogP contribution in [0.25, 0.3) is 43.6 Å². The van der Waals surface area contributed by atoms with Crippen molar-refractivity contribution in [2.75, 3.05) is 140 Å². The Hall–Kier alpha value is -0.352. The summed E-state index contributed by atoms with van der Waals surface area (Å²) in [5.74, 6) is 0.371. The molecule has 4 aliphatic rings. The Kier molecular flexibility index (Phi) is 64.5. The first-order chi connectivity index (χ1) is 47.6. The van der Waals surface area contributed by atoms with Crippen LogP contribution in [-0.2, 0) is 93.5 Å². The fourth-order valence-corrected chi connectivity index (χ4v) is 10.9. The number of rotatable bonds is 7. The number of piperidine rings is 2. The quantitative estimate of drug-likeness (QED) is 0.0581. The first-order valence-electron chi connectivity index (χ1n) is 32.3. The van der Waals surface area contributed by atoms with Crippen molar-refractivity contribution in [2.24, 2.45) is 32.8 Å². The van der Waals surface area contributed by atoms with Gasteiger partial charge in [-0.25, -0.2) is 19.2 Å². The van der Waals surface area contributed by atoms with Gasteiger partial charge in [0.2, 0.25) is 0 Å². The zero-order chi connectivity index (χ0) is 74.8. The number of halogens is 7. The second-order valence-corrected chi connectivity index (χ2v) is 95.5. The normalized spacial score (nSPS) is 14.2. The van der Waals surface area contributed by atoms with Crippen molar-refractivity contribution >= 4 is 216 Å². The predicted molar refractivity (Wildman–Crippen MR) is 487 cm³/mol. The van der Waals surface area contributed by atoms with Crippen molar-refractivity contribution in [3.05, 3.63) is 138 Å². The van der Waals surface area contributed by atoms with Gasteiger partial charge in [-0.2, -0.15) is 34.2 Å². The molecule has 0 amide bonds. The number of likely N-dealkylation sites (N-methyl/N-ethyl adjacent to an activating group) is 2. The number of piperazine rings is 2. The van der Waals surface area contributed by atoms with E-state index in [1.165, 1.54) is 80.3 Å². The number of fused-ring (bicyclic) bond motifs is 4. The number of H-pyrrole nitrogens is 1. The number of nitrogens with zero attached hydrogens (tertiary/aromatic N) is 12. The van der Waals surface area contributed by atoms with Crippen molar-refractivity contribution in [3.63, 3.8) is 0 Å². The maximum Gasteiger partial charge on any atom is 0 e. The number of nitrogens with two attached hydrogens (primary N) is 1. The minimum Gasteiger partial charge on any atom is 0 e. The van der Waals surface area contributed by atoms with Gasteiger partial charge in [-0.05, 0) is 179 Å². The number of aromatic nitrogens is 8. The van der Waals surface area contributed by atoms with Crippen LogP contribution in [0.5, 0.6) is 0 Å². The van der Waals surface area contributed by atoms with Crippen LogP contribution in [0.1, 0.15) is 113 Å². The van der Waals surface area contributed by atoms with Crippen LogP contribution >= 0.6 is 142 Å². The summed E-state index contributed by atoms with van der Waals surface area (Å²) in [6.07, 6.45) is 5.76. The molecule has 4 aromatic heterocycles. The van der Waals surface area contributed by atoms with E-state index in [1.807, 2.05) is 92.1 Å². The molecule has 0 aliphatic carbocycles. The molecule has 0 saturated carbocycles. The molecule has 0 unspecified atom stereocenters. The number of carbonyl (C=O) groups is 4. The second-order valence-electron chi connectivity index (χ2n) is 23.5. The van der Waals surface area contributed by atoms with Gasteiger partial charge >= 0.3 is 154 Å². The molecule has 4 saturated heterocycles. The number of nitrogens with one attached hydrogen (secondary N) is 2. The van der Waals surface area contributed by atoms with Crippen LogP contribution in [-0.4, -0.2) is 224 Å². The third kappa shape index (κ3) is 39.3. The summed E-state index contributed by atoms with van der Waals surface area (Å²) in [4.78, 5) is 57.1. The Labute approximate surface area is 746 Å². The van der Waals surface area contributed by atoms with Gasteiger partial charge in [0.05, 0.1) is 84.1 Å². The van der Waals surface area contributed by atoms with E-state index in [0.717, 1.165) is 125 Å². The Morgan fingerprint density at radius 2 is 0.868 bits per heavy atom. The standard InChI is InChI=1S/C17H23N3O2.C15H20N4O2.C11H12N2O2.C10H10N2O2.C6H14N2.C5H12N2.C2H4I.C2H5.2CH4.2CH3.6HI.4V/c1-19-8-6-12(7-9-19)10-15-14-11-13(17(21)22-3)4-5-16(14)20(2)18-15;1-17-6-8-19(9-7-17)14-12-10-11(15(20)21-3)4-5-13(12)18(2)16-14;1-7-9-6-8(11(14)15-3)4-5-10(9)13(2)12-7;1-6-8-5-7(10(13)14-2)3-4-9(8)12-11-6;1-8-4-2-6(7)3-5-8;1-7-4-2-6-3-5-7;1-2-3;1-2;;;;;;;;;;;;;;/h4-5,11-12H,6-10H2,1-3H3;4-5,10H,6-9H2,1-3H3;4-6H,1-3H3;3-5H,1-2H3,(H,11,12);6H,2-5,7H2,1H3;6H,2-5H2,1H3;2H,1H3;1H2,2H3;2*1H4;2*1H3;6*1H;;;;/q;;;;;;2*-1;;;2*-1;;;;;;;;;2*+3/p-6. The Bertz CT molecular complexity index is 3730. The number of hydrogen-bond donors (Lipinski definition) is 3. The van der Waals surface area contributed by atoms with Crippen LogP contribution in [0.4, 0.5) is 5.82 Å². The number of likely N-dealkylation sites (tertiary alicyclic amines) is 2. The molecule has 4 aliphatic heterocycles. The van der Waals surface area contributed by atoms with Crippen LogP contribution in [0.15, 0.2) is 72.8 Å². The Morgan fingerprint density at radius 1 is 0.528 bits per heavy atom. The fourth-order valence-electron chi connectivity index (χ4n) is 10.9. The van der Waals surface area contributed by atoms with E-state index >= 15 is 0 Å². The number of aryl methyl sites for hydroxylation is 5. The molecule has 8 aromatic rings.